The van der Waals surface area contributed by atoms with Gasteiger partial charge < -0.3 is 10.2 Å². The summed E-state index contributed by atoms with van der Waals surface area (Å²) < 4.78 is 61.4. The van der Waals surface area contributed by atoms with E-state index in [0.717, 1.165) is 0 Å². The van der Waals surface area contributed by atoms with Crippen LogP contribution in [0.1, 0.15) is 23.4 Å². The van der Waals surface area contributed by atoms with Crippen LogP contribution >= 0.6 is 0 Å². The van der Waals surface area contributed by atoms with Gasteiger partial charge in [-0.3, -0.25) is 0 Å². The Kier molecular flexibility index (Phi) is 3.32. The summed E-state index contributed by atoms with van der Waals surface area (Å²) in [5.41, 5.74) is -3.91. The SMILES string of the molecule is OCc1nc(C(F)(F)F)c(C(F)F)cc1O. The zero-order chi connectivity index (χ0) is 12.5. The smallest absolute Gasteiger partial charge is 0.433 e. The molecular weight excluding hydrogens is 237 g/mol. The molecule has 0 saturated carbocycles. The summed E-state index contributed by atoms with van der Waals surface area (Å²) >= 11 is 0. The summed E-state index contributed by atoms with van der Waals surface area (Å²) in [5.74, 6) is -0.897. The minimum Gasteiger partial charge on any atom is -0.506 e. The third-order valence-corrected chi connectivity index (χ3v) is 1.76. The van der Waals surface area contributed by atoms with Crippen LogP contribution in [0.15, 0.2) is 6.07 Å². The molecular formula is C8H6F5NO2. The predicted molar refractivity (Wildman–Crippen MR) is 41.8 cm³/mol. The maximum absolute atomic E-state index is 12.3. The number of hydrogen-bond acceptors (Lipinski definition) is 3. The van der Waals surface area contributed by atoms with Gasteiger partial charge in [0.15, 0.2) is 5.69 Å². The normalized spacial score (nSPS) is 12.2. The molecule has 1 aromatic heterocycles. The lowest BCUT2D eigenvalue weighted by atomic mass is 10.1. The van der Waals surface area contributed by atoms with Crippen LogP contribution in [0.3, 0.4) is 0 Å². The zero-order valence-electron chi connectivity index (χ0n) is 7.59. The summed E-state index contributed by atoms with van der Waals surface area (Å²) in [5, 5.41) is 17.6. The molecule has 90 valence electrons. The van der Waals surface area contributed by atoms with Gasteiger partial charge in [0, 0.05) is 0 Å². The van der Waals surface area contributed by atoms with Gasteiger partial charge in [0.05, 0.1) is 12.2 Å². The Labute approximate surface area is 86.2 Å². The Morgan fingerprint density at radius 2 is 1.88 bits per heavy atom. The molecule has 0 aromatic carbocycles. The monoisotopic (exact) mass is 243 g/mol. The first-order chi connectivity index (χ1) is 7.27. The van der Waals surface area contributed by atoms with Crippen molar-refractivity contribution in [1.82, 2.24) is 4.98 Å². The fraction of sp³-hybridized carbons (Fsp3) is 0.375. The quantitative estimate of drug-likeness (QED) is 0.783. The summed E-state index contributed by atoms with van der Waals surface area (Å²) in [7, 11) is 0. The predicted octanol–water partition coefficient (Wildman–Crippen LogP) is 2.24. The molecule has 2 N–H and O–H groups in total. The number of alkyl halides is 5. The van der Waals surface area contributed by atoms with Crippen molar-refractivity contribution in [3.63, 3.8) is 0 Å². The van der Waals surface area contributed by atoms with Gasteiger partial charge in [-0.2, -0.15) is 13.2 Å². The number of aromatic hydroxyl groups is 1. The van der Waals surface area contributed by atoms with E-state index in [-0.39, 0.29) is 6.07 Å². The molecule has 0 aliphatic rings. The second kappa shape index (κ2) is 4.20. The first-order valence-electron chi connectivity index (χ1n) is 3.96. The Bertz CT molecular complexity index is 391. The lowest BCUT2D eigenvalue weighted by Crippen LogP contribution is -2.14. The molecule has 0 amide bonds. The Balaban J connectivity index is 3.43. The average molecular weight is 243 g/mol. The van der Waals surface area contributed by atoms with Gasteiger partial charge in [-0.1, -0.05) is 0 Å². The van der Waals surface area contributed by atoms with E-state index in [4.69, 9.17) is 10.2 Å². The number of nitrogens with zero attached hydrogens (tertiary/aromatic N) is 1. The van der Waals surface area contributed by atoms with E-state index in [0.29, 0.717) is 0 Å². The number of aromatic nitrogens is 1. The first-order valence-corrected chi connectivity index (χ1v) is 3.96. The van der Waals surface area contributed by atoms with Gasteiger partial charge in [0.2, 0.25) is 0 Å². The van der Waals surface area contributed by atoms with E-state index >= 15 is 0 Å². The molecule has 3 nitrogen and oxygen atoms in total. The van der Waals surface area contributed by atoms with E-state index in [1.54, 1.807) is 0 Å². The lowest BCUT2D eigenvalue weighted by Gasteiger charge is -2.13. The number of aliphatic hydroxyl groups excluding tert-OH is 1. The minimum absolute atomic E-state index is 0.256. The van der Waals surface area contributed by atoms with E-state index in [9.17, 15) is 22.0 Å². The van der Waals surface area contributed by atoms with Crippen molar-refractivity contribution in [2.45, 2.75) is 19.2 Å². The van der Waals surface area contributed by atoms with E-state index < -0.39 is 41.9 Å². The fourth-order valence-corrected chi connectivity index (χ4v) is 1.07. The van der Waals surface area contributed by atoms with Crippen molar-refractivity contribution in [2.24, 2.45) is 0 Å². The minimum atomic E-state index is -5.07. The van der Waals surface area contributed by atoms with Gasteiger partial charge in [0.1, 0.15) is 11.4 Å². The Morgan fingerprint density at radius 3 is 2.25 bits per heavy atom. The Morgan fingerprint density at radius 1 is 1.31 bits per heavy atom. The standard InChI is InChI=1S/C8H6F5NO2/c9-7(10)3-1-5(16)4(2-15)14-6(3)8(11,12)13/h1,7,15-16H,2H2. The van der Waals surface area contributed by atoms with E-state index in [1.807, 2.05) is 0 Å². The van der Waals surface area contributed by atoms with Crippen LogP contribution in [0.25, 0.3) is 0 Å². The maximum Gasteiger partial charge on any atom is 0.433 e. The van der Waals surface area contributed by atoms with Crippen molar-refractivity contribution >= 4 is 0 Å². The van der Waals surface area contributed by atoms with Gasteiger partial charge in [0.25, 0.3) is 6.43 Å². The first kappa shape index (κ1) is 12.6. The lowest BCUT2D eigenvalue weighted by molar-refractivity contribution is -0.143. The summed E-state index contributed by atoms with van der Waals surface area (Å²) in [6.45, 7) is -0.974. The highest BCUT2D eigenvalue weighted by molar-refractivity contribution is 5.36. The number of pyridine rings is 1. The second-order valence-electron chi connectivity index (χ2n) is 2.85. The van der Waals surface area contributed by atoms with Gasteiger partial charge in [-0.25, -0.2) is 13.8 Å². The van der Waals surface area contributed by atoms with Gasteiger partial charge in [-0.05, 0) is 6.07 Å². The molecule has 16 heavy (non-hydrogen) atoms. The molecule has 0 aliphatic heterocycles. The highest BCUT2D eigenvalue weighted by Gasteiger charge is 2.38. The van der Waals surface area contributed by atoms with Crippen LogP contribution < -0.4 is 0 Å². The number of hydrogen-bond donors (Lipinski definition) is 2. The zero-order valence-corrected chi connectivity index (χ0v) is 7.59. The molecule has 0 aliphatic carbocycles. The highest BCUT2D eigenvalue weighted by Crippen LogP contribution is 2.37. The van der Waals surface area contributed by atoms with E-state index in [2.05, 4.69) is 4.98 Å². The fourth-order valence-electron chi connectivity index (χ4n) is 1.07. The molecule has 1 aromatic rings. The van der Waals surface area contributed by atoms with Crippen LogP contribution in [-0.2, 0) is 12.8 Å². The topological polar surface area (TPSA) is 53.4 Å². The van der Waals surface area contributed by atoms with Crippen LogP contribution in [-0.4, -0.2) is 15.2 Å². The van der Waals surface area contributed by atoms with Crippen LogP contribution in [0.2, 0.25) is 0 Å². The van der Waals surface area contributed by atoms with Crippen molar-refractivity contribution < 1.29 is 32.2 Å². The molecule has 0 spiro atoms. The molecule has 0 atom stereocenters. The van der Waals surface area contributed by atoms with Crippen molar-refractivity contribution in [3.8, 4) is 5.75 Å². The van der Waals surface area contributed by atoms with Crippen LogP contribution in [0, 0.1) is 0 Å². The molecule has 0 bridgehead atoms. The summed E-state index contributed by atoms with van der Waals surface area (Å²) in [6.07, 6.45) is -8.48. The van der Waals surface area contributed by atoms with Crippen LogP contribution in [0.4, 0.5) is 22.0 Å². The van der Waals surface area contributed by atoms with Gasteiger partial charge >= 0.3 is 6.18 Å². The maximum atomic E-state index is 12.3. The molecule has 8 heteroatoms. The van der Waals surface area contributed by atoms with Crippen molar-refractivity contribution in [3.05, 3.63) is 23.0 Å². The molecule has 0 saturated heterocycles. The molecule has 0 fully saturated rings. The average Bonchev–Trinajstić information content (AvgIpc) is 2.15. The molecule has 0 radical (unpaired) electrons. The molecule has 1 rings (SSSR count). The van der Waals surface area contributed by atoms with Gasteiger partial charge in [-0.15, -0.1) is 0 Å². The third kappa shape index (κ3) is 2.38. The van der Waals surface area contributed by atoms with Crippen LogP contribution in [0.5, 0.6) is 5.75 Å². The number of rotatable bonds is 2. The van der Waals surface area contributed by atoms with Crippen molar-refractivity contribution in [1.29, 1.82) is 0 Å². The number of halogens is 5. The highest BCUT2D eigenvalue weighted by atomic mass is 19.4. The van der Waals surface area contributed by atoms with E-state index in [1.165, 1.54) is 0 Å². The largest absolute Gasteiger partial charge is 0.506 e. The third-order valence-electron chi connectivity index (χ3n) is 1.76. The summed E-state index contributed by atoms with van der Waals surface area (Å²) in [6, 6.07) is 0.256. The second-order valence-corrected chi connectivity index (χ2v) is 2.85. The Hall–Kier alpha value is -1.44. The summed E-state index contributed by atoms with van der Waals surface area (Å²) in [4.78, 5) is 2.78. The number of aliphatic hydroxyl groups is 1. The molecule has 0 unspecified atom stereocenters. The van der Waals surface area contributed by atoms with Crippen molar-refractivity contribution in [2.75, 3.05) is 0 Å². The molecule has 1 heterocycles.